The predicted octanol–water partition coefficient (Wildman–Crippen LogP) is 2.91. The van der Waals surface area contributed by atoms with E-state index >= 15 is 0 Å². The van der Waals surface area contributed by atoms with Crippen LogP contribution in [0, 0.1) is 6.42 Å². The van der Waals surface area contributed by atoms with Crippen molar-refractivity contribution in [3.05, 3.63) is 41.3 Å². The molecule has 0 radical (unpaired) electrons. The highest BCUT2D eigenvalue weighted by Crippen LogP contribution is 2.11. The van der Waals surface area contributed by atoms with Crippen molar-refractivity contribution in [2.45, 2.75) is 6.92 Å². The van der Waals surface area contributed by atoms with Crippen LogP contribution in [0.1, 0.15) is 12.5 Å². The minimum atomic E-state index is 0.797. The maximum absolute atomic E-state index is 5.70. The van der Waals surface area contributed by atoms with Gasteiger partial charge < -0.3 is 0 Å². The molecule has 0 amide bonds. The molecule has 0 unspecified atom stereocenters. The summed E-state index contributed by atoms with van der Waals surface area (Å²) in [5.41, 5.74) is 1.17. The number of hydrogen-bond acceptors (Lipinski definition) is 0. The molecule has 0 bridgehead atoms. The van der Waals surface area contributed by atoms with E-state index in [1.54, 1.807) is 0 Å². The van der Waals surface area contributed by atoms with Crippen molar-refractivity contribution in [2.75, 3.05) is 0 Å². The average molecular weight is 140 g/mol. The Morgan fingerprint density at radius 1 is 1.44 bits per heavy atom. The first-order valence-electron chi connectivity index (χ1n) is 2.88. The normalized spacial score (nSPS) is 9.11. The molecule has 0 aliphatic carbocycles. The van der Waals surface area contributed by atoms with E-state index in [1.165, 1.54) is 5.56 Å². The quantitative estimate of drug-likeness (QED) is 0.525. The number of halogens is 1. The Kier molecular flexibility index (Phi) is 2.01. The molecule has 0 spiro atoms. The Morgan fingerprint density at radius 3 is 2.67 bits per heavy atom. The molecule has 1 heteroatoms. The van der Waals surface area contributed by atoms with Crippen LogP contribution in [0.5, 0.6) is 0 Å². The monoisotopic (exact) mass is 139 g/mol. The van der Waals surface area contributed by atoms with Gasteiger partial charge in [-0.3, -0.25) is 0 Å². The first-order valence-corrected chi connectivity index (χ1v) is 3.25. The molecule has 0 N–H and O–H groups in total. The van der Waals surface area contributed by atoms with E-state index in [9.17, 15) is 0 Å². The van der Waals surface area contributed by atoms with Crippen LogP contribution in [-0.2, 0) is 0 Å². The summed E-state index contributed by atoms with van der Waals surface area (Å²) in [5.74, 6) is 0. The molecule has 0 saturated carbocycles. The van der Waals surface area contributed by atoms with Gasteiger partial charge in [0.1, 0.15) is 0 Å². The van der Waals surface area contributed by atoms with Gasteiger partial charge in [-0.1, -0.05) is 24.6 Å². The minimum Gasteiger partial charge on any atom is -0.191 e. The van der Waals surface area contributed by atoms with Crippen molar-refractivity contribution in [1.82, 2.24) is 0 Å². The van der Waals surface area contributed by atoms with Crippen LogP contribution < -0.4 is 0 Å². The third-order valence-electron chi connectivity index (χ3n) is 1.18. The fourth-order valence-electron chi connectivity index (χ4n) is 0.686. The fourth-order valence-corrected chi connectivity index (χ4v) is 0.885. The zero-order valence-corrected chi connectivity index (χ0v) is 6.02. The van der Waals surface area contributed by atoms with Gasteiger partial charge in [0.15, 0.2) is 0 Å². The Balaban J connectivity index is 2.94. The number of benzene rings is 1. The Morgan fingerprint density at radius 2 is 2.22 bits per heavy atom. The fraction of sp³-hybridized carbons (Fsp3) is 0.125. The molecule has 0 fully saturated rings. The third kappa shape index (κ3) is 1.65. The smallest absolute Gasteiger partial charge is 0.0149 e. The minimum absolute atomic E-state index is 0.797. The molecular formula is C8H8Cl-. The van der Waals surface area contributed by atoms with E-state index in [4.69, 9.17) is 11.6 Å². The molecule has 48 valence electrons. The van der Waals surface area contributed by atoms with Crippen LogP contribution >= 0.6 is 11.6 Å². The van der Waals surface area contributed by atoms with Crippen LogP contribution in [0.3, 0.4) is 0 Å². The molecular weight excluding hydrogens is 132 g/mol. The predicted molar refractivity (Wildman–Crippen MR) is 40.5 cm³/mol. The molecule has 0 aliphatic rings. The zero-order chi connectivity index (χ0) is 6.69. The summed E-state index contributed by atoms with van der Waals surface area (Å²) < 4.78 is 0. The SMILES string of the molecule is C[CH-]c1cccc(Cl)c1. The molecule has 0 aliphatic heterocycles. The second kappa shape index (κ2) is 2.79. The zero-order valence-electron chi connectivity index (χ0n) is 5.26. The molecule has 0 aromatic heterocycles. The summed E-state index contributed by atoms with van der Waals surface area (Å²) >= 11 is 5.70. The summed E-state index contributed by atoms with van der Waals surface area (Å²) in [6.45, 7) is 1.99. The summed E-state index contributed by atoms with van der Waals surface area (Å²) in [7, 11) is 0. The first kappa shape index (κ1) is 6.50. The van der Waals surface area contributed by atoms with E-state index in [0.717, 1.165) is 5.02 Å². The van der Waals surface area contributed by atoms with Crippen LogP contribution in [0.2, 0.25) is 5.02 Å². The molecule has 1 aromatic rings. The molecule has 1 aromatic carbocycles. The number of rotatable bonds is 1. The van der Waals surface area contributed by atoms with Gasteiger partial charge in [-0.05, 0) is 5.02 Å². The Hall–Kier alpha value is -0.620. The van der Waals surface area contributed by atoms with Crippen LogP contribution in [0.15, 0.2) is 24.3 Å². The van der Waals surface area contributed by atoms with Gasteiger partial charge in [-0.25, -0.2) is 0 Å². The average Bonchev–Trinajstić information content (AvgIpc) is 1.88. The van der Waals surface area contributed by atoms with Crippen molar-refractivity contribution in [2.24, 2.45) is 0 Å². The van der Waals surface area contributed by atoms with Crippen molar-refractivity contribution < 1.29 is 0 Å². The first-order chi connectivity index (χ1) is 4.33. The molecule has 0 nitrogen and oxygen atoms in total. The topological polar surface area (TPSA) is 0 Å². The lowest BCUT2D eigenvalue weighted by Crippen LogP contribution is -1.73. The van der Waals surface area contributed by atoms with Gasteiger partial charge in [0.05, 0.1) is 0 Å². The molecule has 1 rings (SSSR count). The van der Waals surface area contributed by atoms with Crippen LogP contribution in [0.4, 0.5) is 0 Å². The lowest BCUT2D eigenvalue weighted by atomic mass is 10.2. The van der Waals surface area contributed by atoms with Gasteiger partial charge in [0.2, 0.25) is 0 Å². The summed E-state index contributed by atoms with van der Waals surface area (Å²) in [6, 6.07) is 7.76. The standard InChI is InChI=1S/C8H8Cl/c1-2-7-4-3-5-8(9)6-7/h2-6H,1H3/q-1. The van der Waals surface area contributed by atoms with E-state index in [0.29, 0.717) is 0 Å². The van der Waals surface area contributed by atoms with Crippen LogP contribution in [-0.4, -0.2) is 0 Å². The summed E-state index contributed by atoms with van der Waals surface area (Å²) in [5, 5.41) is 0.797. The van der Waals surface area contributed by atoms with Crippen molar-refractivity contribution in [3.63, 3.8) is 0 Å². The lowest BCUT2D eigenvalue weighted by Gasteiger charge is -2.03. The van der Waals surface area contributed by atoms with Gasteiger partial charge in [0, 0.05) is 0 Å². The second-order valence-electron chi connectivity index (χ2n) is 1.84. The van der Waals surface area contributed by atoms with Crippen LogP contribution in [0.25, 0.3) is 0 Å². The second-order valence-corrected chi connectivity index (χ2v) is 2.28. The van der Waals surface area contributed by atoms with E-state index < -0.39 is 0 Å². The maximum atomic E-state index is 5.70. The van der Waals surface area contributed by atoms with Crippen molar-refractivity contribution in [3.8, 4) is 0 Å². The van der Waals surface area contributed by atoms with Gasteiger partial charge >= 0.3 is 0 Å². The Bertz CT molecular complexity index is 194. The van der Waals surface area contributed by atoms with E-state index in [-0.39, 0.29) is 0 Å². The molecule has 0 atom stereocenters. The van der Waals surface area contributed by atoms with Crippen molar-refractivity contribution >= 4 is 11.6 Å². The maximum Gasteiger partial charge on any atom is -0.0149 e. The highest BCUT2D eigenvalue weighted by Gasteiger charge is 1.78. The highest BCUT2D eigenvalue weighted by molar-refractivity contribution is 6.30. The highest BCUT2D eigenvalue weighted by atomic mass is 35.5. The van der Waals surface area contributed by atoms with Gasteiger partial charge in [-0.2, -0.15) is 18.1 Å². The Labute approximate surface area is 60.5 Å². The molecule has 0 saturated heterocycles. The third-order valence-corrected chi connectivity index (χ3v) is 1.42. The van der Waals surface area contributed by atoms with E-state index in [2.05, 4.69) is 0 Å². The molecule has 9 heavy (non-hydrogen) atoms. The largest absolute Gasteiger partial charge is 0.191 e. The van der Waals surface area contributed by atoms with Crippen molar-refractivity contribution in [1.29, 1.82) is 0 Å². The van der Waals surface area contributed by atoms with E-state index in [1.807, 2.05) is 37.6 Å². The van der Waals surface area contributed by atoms with Gasteiger partial charge in [0.25, 0.3) is 0 Å². The number of hydrogen-bond donors (Lipinski definition) is 0. The lowest BCUT2D eigenvalue weighted by molar-refractivity contribution is 1.42. The summed E-state index contributed by atoms with van der Waals surface area (Å²) in [6.07, 6.45) is 2.02. The van der Waals surface area contributed by atoms with Gasteiger partial charge in [-0.15, -0.1) is 12.1 Å². The molecule has 0 heterocycles. The summed E-state index contributed by atoms with van der Waals surface area (Å²) in [4.78, 5) is 0.